The van der Waals surface area contributed by atoms with Crippen LogP contribution in [0, 0.1) is 6.92 Å². The zero-order valence-electron chi connectivity index (χ0n) is 10.7. The number of thiophene rings is 1. The van der Waals surface area contributed by atoms with Crippen LogP contribution in [0.25, 0.3) is 10.4 Å². The molecule has 1 aromatic heterocycles. The number of aryl methyl sites for hydroxylation is 1. The van der Waals surface area contributed by atoms with Crippen molar-refractivity contribution in [2.24, 2.45) is 0 Å². The average molecular weight is 246 g/mol. The lowest BCUT2D eigenvalue weighted by molar-refractivity contribution is 0.472. The summed E-state index contributed by atoms with van der Waals surface area (Å²) < 4.78 is 0. The summed E-state index contributed by atoms with van der Waals surface area (Å²) in [5.41, 5.74) is 3.26. The standard InChI is InChI=1S/C15H18OS/c1-10-8-11(15(2,3)4)9-12(14(10)16)13-6-5-7-17-13/h5-9,16H,1-4H3. The molecule has 90 valence electrons. The first-order valence-corrected chi connectivity index (χ1v) is 6.65. The quantitative estimate of drug-likeness (QED) is 0.771. The Morgan fingerprint density at radius 1 is 1.18 bits per heavy atom. The van der Waals surface area contributed by atoms with Gasteiger partial charge < -0.3 is 5.11 Å². The first-order valence-electron chi connectivity index (χ1n) is 5.77. The molecule has 0 spiro atoms. The molecule has 17 heavy (non-hydrogen) atoms. The first-order chi connectivity index (χ1) is 7.89. The highest BCUT2D eigenvalue weighted by Gasteiger charge is 2.18. The van der Waals surface area contributed by atoms with Gasteiger partial charge in [0.2, 0.25) is 0 Å². The van der Waals surface area contributed by atoms with E-state index in [1.165, 1.54) is 5.56 Å². The number of phenolic OH excluding ortho intramolecular Hbond substituents is 1. The lowest BCUT2D eigenvalue weighted by atomic mass is 9.84. The van der Waals surface area contributed by atoms with E-state index in [4.69, 9.17) is 0 Å². The van der Waals surface area contributed by atoms with E-state index in [0.29, 0.717) is 5.75 Å². The molecule has 1 N–H and O–H groups in total. The van der Waals surface area contributed by atoms with Gasteiger partial charge in [0, 0.05) is 10.4 Å². The van der Waals surface area contributed by atoms with E-state index >= 15 is 0 Å². The van der Waals surface area contributed by atoms with Crippen molar-refractivity contribution in [2.45, 2.75) is 33.1 Å². The fourth-order valence-corrected chi connectivity index (χ4v) is 2.58. The topological polar surface area (TPSA) is 20.2 Å². The van der Waals surface area contributed by atoms with Gasteiger partial charge in [0.15, 0.2) is 0 Å². The predicted molar refractivity (Wildman–Crippen MR) is 74.9 cm³/mol. The zero-order valence-corrected chi connectivity index (χ0v) is 11.6. The van der Waals surface area contributed by atoms with Crippen molar-refractivity contribution in [3.8, 4) is 16.2 Å². The molecule has 0 saturated heterocycles. The summed E-state index contributed by atoms with van der Waals surface area (Å²) in [7, 11) is 0. The van der Waals surface area contributed by atoms with Crippen LogP contribution >= 0.6 is 11.3 Å². The normalized spacial score (nSPS) is 11.8. The van der Waals surface area contributed by atoms with Crippen LogP contribution in [0.1, 0.15) is 31.9 Å². The van der Waals surface area contributed by atoms with Crippen molar-refractivity contribution in [3.05, 3.63) is 40.8 Å². The summed E-state index contributed by atoms with van der Waals surface area (Å²) >= 11 is 1.66. The van der Waals surface area contributed by atoms with Crippen molar-refractivity contribution in [1.29, 1.82) is 0 Å². The van der Waals surface area contributed by atoms with Crippen LogP contribution in [-0.2, 0) is 5.41 Å². The van der Waals surface area contributed by atoms with Crippen LogP contribution in [-0.4, -0.2) is 5.11 Å². The molecule has 0 atom stereocenters. The van der Waals surface area contributed by atoms with Gasteiger partial charge in [0.1, 0.15) is 5.75 Å². The Hall–Kier alpha value is -1.28. The van der Waals surface area contributed by atoms with E-state index in [0.717, 1.165) is 16.0 Å². The summed E-state index contributed by atoms with van der Waals surface area (Å²) in [5, 5.41) is 12.2. The highest BCUT2D eigenvalue weighted by atomic mass is 32.1. The molecule has 2 heteroatoms. The van der Waals surface area contributed by atoms with E-state index in [1.807, 2.05) is 24.4 Å². The second-order valence-corrected chi connectivity index (χ2v) is 6.36. The third kappa shape index (κ3) is 2.37. The lowest BCUT2D eigenvalue weighted by Gasteiger charge is -2.21. The van der Waals surface area contributed by atoms with Gasteiger partial charge in [-0.2, -0.15) is 0 Å². The molecular weight excluding hydrogens is 228 g/mol. The number of rotatable bonds is 1. The number of hydrogen-bond donors (Lipinski definition) is 1. The van der Waals surface area contributed by atoms with Crippen LogP contribution in [0.15, 0.2) is 29.6 Å². The summed E-state index contributed by atoms with van der Waals surface area (Å²) in [6.07, 6.45) is 0. The number of phenols is 1. The third-order valence-corrected chi connectivity index (χ3v) is 3.86. The lowest BCUT2D eigenvalue weighted by Crippen LogP contribution is -2.11. The van der Waals surface area contributed by atoms with Gasteiger partial charge in [-0.1, -0.05) is 32.9 Å². The fraction of sp³-hybridized carbons (Fsp3) is 0.333. The molecule has 0 unspecified atom stereocenters. The molecule has 0 bridgehead atoms. The maximum atomic E-state index is 10.2. The molecule has 0 aliphatic carbocycles. The largest absolute Gasteiger partial charge is 0.507 e. The number of aromatic hydroxyl groups is 1. The molecule has 0 radical (unpaired) electrons. The average Bonchev–Trinajstić information content (AvgIpc) is 2.73. The predicted octanol–water partition coefficient (Wildman–Crippen LogP) is 4.73. The minimum absolute atomic E-state index is 0.102. The van der Waals surface area contributed by atoms with Gasteiger partial charge in [-0.3, -0.25) is 0 Å². The van der Waals surface area contributed by atoms with Gasteiger partial charge in [-0.15, -0.1) is 11.3 Å². The van der Waals surface area contributed by atoms with Gasteiger partial charge in [0.05, 0.1) is 0 Å². The molecule has 0 saturated carbocycles. The summed E-state index contributed by atoms with van der Waals surface area (Å²) in [6, 6.07) is 8.24. The maximum Gasteiger partial charge on any atom is 0.127 e. The zero-order chi connectivity index (χ0) is 12.6. The Morgan fingerprint density at radius 3 is 2.41 bits per heavy atom. The number of benzene rings is 1. The Kier molecular flexibility index (Phi) is 3.00. The molecule has 0 fully saturated rings. The van der Waals surface area contributed by atoms with Gasteiger partial charge in [0.25, 0.3) is 0 Å². The molecule has 0 amide bonds. The van der Waals surface area contributed by atoms with Crippen molar-refractivity contribution in [2.75, 3.05) is 0 Å². The molecule has 0 aliphatic rings. The van der Waals surface area contributed by atoms with Crippen LogP contribution in [0.3, 0.4) is 0 Å². The van der Waals surface area contributed by atoms with Crippen LogP contribution in [0.5, 0.6) is 5.75 Å². The maximum absolute atomic E-state index is 10.2. The summed E-state index contributed by atoms with van der Waals surface area (Å²) in [5.74, 6) is 0.403. The van der Waals surface area contributed by atoms with Crippen LogP contribution < -0.4 is 0 Å². The SMILES string of the molecule is Cc1cc(C(C)(C)C)cc(-c2cccs2)c1O. The van der Waals surface area contributed by atoms with Crippen LogP contribution in [0.2, 0.25) is 0 Å². The Balaban J connectivity index is 2.64. The summed E-state index contributed by atoms with van der Waals surface area (Å²) in [4.78, 5) is 1.12. The van der Waals surface area contributed by atoms with Gasteiger partial charge in [-0.25, -0.2) is 0 Å². The highest BCUT2D eigenvalue weighted by Crippen LogP contribution is 2.38. The number of hydrogen-bond acceptors (Lipinski definition) is 2. The fourth-order valence-electron chi connectivity index (χ4n) is 1.83. The molecule has 1 aromatic carbocycles. The monoisotopic (exact) mass is 246 g/mol. The van der Waals surface area contributed by atoms with E-state index in [2.05, 4.69) is 32.9 Å². The first kappa shape index (κ1) is 12.2. The second kappa shape index (κ2) is 4.19. The molecule has 2 aromatic rings. The minimum Gasteiger partial charge on any atom is -0.507 e. The van der Waals surface area contributed by atoms with E-state index in [9.17, 15) is 5.11 Å². The summed E-state index contributed by atoms with van der Waals surface area (Å²) in [6.45, 7) is 8.53. The van der Waals surface area contributed by atoms with Gasteiger partial charge in [-0.05, 0) is 41.0 Å². The third-order valence-electron chi connectivity index (χ3n) is 2.95. The minimum atomic E-state index is 0.102. The molecule has 1 nitrogen and oxygen atoms in total. The molecule has 2 rings (SSSR count). The Labute approximate surface area is 107 Å². The van der Waals surface area contributed by atoms with Crippen molar-refractivity contribution in [3.63, 3.8) is 0 Å². The van der Waals surface area contributed by atoms with Crippen molar-refractivity contribution < 1.29 is 5.11 Å². The van der Waals surface area contributed by atoms with E-state index < -0.39 is 0 Å². The molecular formula is C15H18OS. The second-order valence-electron chi connectivity index (χ2n) is 5.42. The Bertz CT molecular complexity index is 519. The van der Waals surface area contributed by atoms with E-state index in [-0.39, 0.29) is 5.41 Å². The van der Waals surface area contributed by atoms with Crippen molar-refractivity contribution >= 4 is 11.3 Å². The van der Waals surface area contributed by atoms with Crippen LogP contribution in [0.4, 0.5) is 0 Å². The highest BCUT2D eigenvalue weighted by molar-refractivity contribution is 7.13. The van der Waals surface area contributed by atoms with E-state index in [1.54, 1.807) is 11.3 Å². The smallest absolute Gasteiger partial charge is 0.127 e. The van der Waals surface area contributed by atoms with Crippen molar-refractivity contribution in [1.82, 2.24) is 0 Å². The van der Waals surface area contributed by atoms with Gasteiger partial charge >= 0.3 is 0 Å². The molecule has 0 aliphatic heterocycles. The Morgan fingerprint density at radius 2 is 1.88 bits per heavy atom. The molecule has 1 heterocycles.